The number of rotatable bonds is 6. The molecule has 2 aromatic carbocycles. The Bertz CT molecular complexity index is 744. The maximum absolute atomic E-state index is 11.3. The van der Waals surface area contributed by atoms with Crippen molar-refractivity contribution in [2.75, 3.05) is 12.4 Å². The summed E-state index contributed by atoms with van der Waals surface area (Å²) in [5.41, 5.74) is 7.39. The molecule has 0 unspecified atom stereocenters. The molecule has 0 aliphatic heterocycles. The third-order valence-corrected chi connectivity index (χ3v) is 4.20. The largest absolute Gasteiger partial charge is 0.387 e. The van der Waals surface area contributed by atoms with Crippen LogP contribution < -0.4 is 11.1 Å². The van der Waals surface area contributed by atoms with Crippen LogP contribution in [0.2, 0.25) is 0 Å². The minimum atomic E-state index is -0.551. The Morgan fingerprint density at radius 3 is 2.45 bits per heavy atom. The second kappa shape index (κ2) is 6.91. The predicted octanol–water partition coefficient (Wildman–Crippen LogP) is 2.60. The zero-order valence-electron chi connectivity index (χ0n) is 11.8. The normalized spacial score (nSPS) is 10.0. The van der Waals surface area contributed by atoms with E-state index in [1.165, 1.54) is 17.8 Å². The van der Waals surface area contributed by atoms with Crippen molar-refractivity contribution in [2.24, 2.45) is 5.73 Å². The van der Waals surface area contributed by atoms with Gasteiger partial charge in [0.25, 0.3) is 0 Å². The van der Waals surface area contributed by atoms with Gasteiger partial charge in [-0.15, -0.1) is 0 Å². The summed E-state index contributed by atoms with van der Waals surface area (Å²) in [6.45, 7) is 0. The fourth-order valence-electron chi connectivity index (χ4n) is 1.90. The van der Waals surface area contributed by atoms with Crippen LogP contribution in [0, 0.1) is 0 Å². The lowest BCUT2D eigenvalue weighted by Gasteiger charge is -2.11. The van der Waals surface area contributed by atoms with Crippen molar-refractivity contribution in [2.45, 2.75) is 9.79 Å². The minimum Gasteiger partial charge on any atom is -0.387 e. The van der Waals surface area contributed by atoms with Crippen LogP contribution in [0.3, 0.4) is 0 Å². The zero-order chi connectivity index (χ0) is 16.1. The molecule has 0 spiro atoms. The number of hydrogen-bond acceptors (Lipinski definition) is 5. The SMILES string of the molecule is CNc1cc(C=O)ccc1Sc1cc(C(N)=O)ccc1C=O. The van der Waals surface area contributed by atoms with E-state index < -0.39 is 5.91 Å². The Morgan fingerprint density at radius 1 is 1.09 bits per heavy atom. The quantitative estimate of drug-likeness (QED) is 0.800. The van der Waals surface area contributed by atoms with Gasteiger partial charge in [0.15, 0.2) is 6.29 Å². The zero-order valence-corrected chi connectivity index (χ0v) is 12.6. The standard InChI is InChI=1S/C16H14N2O3S/c1-18-13-6-10(8-19)2-5-14(13)22-15-7-11(16(17)21)3-4-12(15)9-20/h2-9,18H,1H3,(H2,17,21). The summed E-state index contributed by atoms with van der Waals surface area (Å²) in [6.07, 6.45) is 1.49. The molecule has 3 N–H and O–H groups in total. The van der Waals surface area contributed by atoms with E-state index in [0.717, 1.165) is 23.2 Å². The summed E-state index contributed by atoms with van der Waals surface area (Å²) >= 11 is 1.32. The van der Waals surface area contributed by atoms with E-state index in [1.807, 2.05) is 0 Å². The van der Waals surface area contributed by atoms with Gasteiger partial charge in [0, 0.05) is 39.2 Å². The summed E-state index contributed by atoms with van der Waals surface area (Å²) in [5.74, 6) is -0.551. The van der Waals surface area contributed by atoms with E-state index >= 15 is 0 Å². The Labute approximate surface area is 131 Å². The van der Waals surface area contributed by atoms with Crippen molar-refractivity contribution in [1.29, 1.82) is 0 Å². The molecule has 0 aromatic heterocycles. The maximum atomic E-state index is 11.3. The molecule has 0 saturated heterocycles. The molecule has 1 amide bonds. The van der Waals surface area contributed by atoms with Crippen LogP contribution in [0.4, 0.5) is 5.69 Å². The second-order valence-corrected chi connectivity index (χ2v) is 5.54. The van der Waals surface area contributed by atoms with Crippen molar-refractivity contribution in [3.63, 3.8) is 0 Å². The third-order valence-electron chi connectivity index (χ3n) is 3.05. The first-order chi connectivity index (χ1) is 10.6. The van der Waals surface area contributed by atoms with E-state index in [-0.39, 0.29) is 0 Å². The van der Waals surface area contributed by atoms with E-state index in [4.69, 9.17) is 5.73 Å². The van der Waals surface area contributed by atoms with Gasteiger partial charge in [-0.1, -0.05) is 17.8 Å². The minimum absolute atomic E-state index is 0.337. The fourth-order valence-corrected chi connectivity index (χ4v) is 2.96. The molecule has 2 rings (SSSR count). The number of nitrogens with two attached hydrogens (primary N) is 1. The van der Waals surface area contributed by atoms with Gasteiger partial charge in [-0.05, 0) is 30.3 Å². The van der Waals surface area contributed by atoms with Gasteiger partial charge in [0.1, 0.15) is 6.29 Å². The highest BCUT2D eigenvalue weighted by Crippen LogP contribution is 2.35. The van der Waals surface area contributed by atoms with Crippen LogP contribution in [0.25, 0.3) is 0 Å². The maximum Gasteiger partial charge on any atom is 0.248 e. The first kappa shape index (κ1) is 15.8. The fraction of sp³-hybridized carbons (Fsp3) is 0.0625. The number of hydrogen-bond donors (Lipinski definition) is 2. The number of nitrogens with one attached hydrogen (secondary N) is 1. The van der Waals surface area contributed by atoms with Gasteiger partial charge in [-0.25, -0.2) is 0 Å². The summed E-state index contributed by atoms with van der Waals surface area (Å²) in [6, 6.07) is 9.86. The number of aldehydes is 2. The number of anilines is 1. The van der Waals surface area contributed by atoms with Gasteiger partial charge >= 0.3 is 0 Å². The topological polar surface area (TPSA) is 89.3 Å². The molecule has 6 heteroatoms. The van der Waals surface area contributed by atoms with Gasteiger partial charge < -0.3 is 11.1 Å². The summed E-state index contributed by atoms with van der Waals surface area (Å²) in [7, 11) is 1.74. The number of primary amides is 1. The van der Waals surface area contributed by atoms with E-state index in [9.17, 15) is 14.4 Å². The number of benzene rings is 2. The molecule has 0 bridgehead atoms. The van der Waals surface area contributed by atoms with Crippen molar-refractivity contribution < 1.29 is 14.4 Å². The van der Waals surface area contributed by atoms with Crippen molar-refractivity contribution in [3.8, 4) is 0 Å². The lowest BCUT2D eigenvalue weighted by atomic mass is 10.1. The van der Waals surface area contributed by atoms with Crippen LogP contribution in [0.1, 0.15) is 31.1 Å². The number of amides is 1. The molecule has 0 atom stereocenters. The molecule has 5 nitrogen and oxygen atoms in total. The summed E-state index contributed by atoms with van der Waals surface area (Å²) in [4.78, 5) is 34.7. The Hall–Kier alpha value is -2.60. The van der Waals surface area contributed by atoms with E-state index in [2.05, 4.69) is 5.32 Å². The van der Waals surface area contributed by atoms with E-state index in [1.54, 1.807) is 37.4 Å². The lowest BCUT2D eigenvalue weighted by Crippen LogP contribution is -2.11. The van der Waals surface area contributed by atoms with Crippen molar-refractivity contribution >= 4 is 35.9 Å². The first-order valence-electron chi connectivity index (χ1n) is 6.43. The first-order valence-corrected chi connectivity index (χ1v) is 7.24. The monoisotopic (exact) mass is 314 g/mol. The van der Waals surface area contributed by atoms with Crippen molar-refractivity contribution in [3.05, 3.63) is 53.1 Å². The molecule has 112 valence electrons. The van der Waals surface area contributed by atoms with Crippen LogP contribution in [-0.4, -0.2) is 25.5 Å². The van der Waals surface area contributed by atoms with Gasteiger partial charge in [0.05, 0.1) is 0 Å². The predicted molar refractivity (Wildman–Crippen MR) is 85.8 cm³/mol. The number of carbonyl (C=O) groups excluding carboxylic acids is 3. The summed E-state index contributed by atoms with van der Waals surface area (Å²) in [5, 5.41) is 3.01. The Morgan fingerprint density at radius 2 is 1.86 bits per heavy atom. The molecule has 0 heterocycles. The second-order valence-electron chi connectivity index (χ2n) is 4.46. The van der Waals surface area contributed by atoms with Gasteiger partial charge in [-0.3, -0.25) is 14.4 Å². The van der Waals surface area contributed by atoms with E-state index in [0.29, 0.717) is 21.6 Å². The molecule has 0 aliphatic rings. The smallest absolute Gasteiger partial charge is 0.248 e. The van der Waals surface area contributed by atoms with Crippen molar-refractivity contribution in [1.82, 2.24) is 0 Å². The molecule has 0 fully saturated rings. The highest BCUT2D eigenvalue weighted by molar-refractivity contribution is 7.99. The highest BCUT2D eigenvalue weighted by atomic mass is 32.2. The molecule has 2 aromatic rings. The molecule has 0 radical (unpaired) electrons. The van der Waals surface area contributed by atoms with Crippen LogP contribution in [-0.2, 0) is 0 Å². The molecule has 0 saturated carbocycles. The summed E-state index contributed by atoms with van der Waals surface area (Å²) < 4.78 is 0. The average Bonchev–Trinajstić information content (AvgIpc) is 2.55. The Kier molecular flexibility index (Phi) is 4.95. The average molecular weight is 314 g/mol. The Balaban J connectivity index is 2.45. The van der Waals surface area contributed by atoms with Gasteiger partial charge in [0.2, 0.25) is 5.91 Å². The lowest BCUT2D eigenvalue weighted by molar-refractivity contribution is 0.0998. The third kappa shape index (κ3) is 3.35. The molecular weight excluding hydrogens is 300 g/mol. The number of carbonyl (C=O) groups is 3. The molecular formula is C16H14N2O3S. The van der Waals surface area contributed by atoms with Crippen LogP contribution in [0.15, 0.2) is 46.2 Å². The molecule has 0 aliphatic carbocycles. The van der Waals surface area contributed by atoms with Crippen LogP contribution >= 0.6 is 11.8 Å². The van der Waals surface area contributed by atoms with Crippen LogP contribution in [0.5, 0.6) is 0 Å². The van der Waals surface area contributed by atoms with Gasteiger partial charge in [-0.2, -0.15) is 0 Å². The highest BCUT2D eigenvalue weighted by Gasteiger charge is 2.11. The molecule has 22 heavy (non-hydrogen) atoms.